The number of hydrogen-bond acceptors (Lipinski definition) is 6. The summed E-state index contributed by atoms with van der Waals surface area (Å²) in [5.41, 5.74) is 4.50. The molecule has 41 heavy (non-hydrogen) atoms. The van der Waals surface area contributed by atoms with Crippen molar-refractivity contribution in [3.05, 3.63) is 138 Å². The highest BCUT2D eigenvalue weighted by Gasteiger charge is 2.48. The predicted octanol–water partition coefficient (Wildman–Crippen LogP) is 7.21. The van der Waals surface area contributed by atoms with Crippen LogP contribution in [-0.4, -0.2) is 43.6 Å². The van der Waals surface area contributed by atoms with Crippen LogP contribution in [0.25, 0.3) is 0 Å². The third kappa shape index (κ3) is 8.29. The zero-order valence-corrected chi connectivity index (χ0v) is 24.5. The van der Waals surface area contributed by atoms with Gasteiger partial charge in [0.05, 0.1) is 31.7 Å². The molecule has 0 amide bonds. The highest BCUT2D eigenvalue weighted by atomic mass is 32.2. The van der Waals surface area contributed by atoms with Crippen molar-refractivity contribution in [2.24, 2.45) is 0 Å². The van der Waals surface area contributed by atoms with E-state index in [0.717, 1.165) is 21.6 Å². The molecule has 0 aromatic heterocycles. The van der Waals surface area contributed by atoms with E-state index in [1.54, 1.807) is 18.9 Å². The molecule has 0 radical (unpaired) electrons. The molecule has 4 aromatic carbocycles. The van der Waals surface area contributed by atoms with Crippen molar-refractivity contribution in [1.29, 1.82) is 0 Å². The lowest BCUT2D eigenvalue weighted by atomic mass is 10.00. The molecule has 0 aliphatic carbocycles. The Morgan fingerprint density at radius 3 is 1.71 bits per heavy atom. The first kappa shape index (κ1) is 29.5. The van der Waals surface area contributed by atoms with Gasteiger partial charge in [0.15, 0.2) is 6.29 Å². The Bertz CT molecular complexity index is 1300. The molecule has 5 atom stereocenters. The lowest BCUT2D eigenvalue weighted by Crippen LogP contribution is -2.59. The number of ether oxygens (including phenoxy) is 5. The lowest BCUT2D eigenvalue weighted by molar-refractivity contribution is -0.268. The summed E-state index contributed by atoms with van der Waals surface area (Å²) in [6.45, 7) is 3.85. The van der Waals surface area contributed by atoms with Gasteiger partial charge in [0.2, 0.25) is 0 Å². The van der Waals surface area contributed by atoms with Crippen molar-refractivity contribution >= 4 is 11.8 Å². The first-order chi connectivity index (χ1) is 20.2. The fraction of sp³-hybridized carbons (Fsp3) is 0.314. The zero-order valence-electron chi connectivity index (χ0n) is 23.6. The van der Waals surface area contributed by atoms with Crippen LogP contribution in [0.1, 0.15) is 22.3 Å². The summed E-state index contributed by atoms with van der Waals surface area (Å²) in [5.74, 6) is 0. The van der Waals surface area contributed by atoms with Gasteiger partial charge in [-0.2, -0.15) is 0 Å². The maximum Gasteiger partial charge on any atom is 0.172 e. The number of benzene rings is 4. The van der Waals surface area contributed by atoms with E-state index in [9.17, 15) is 0 Å². The average Bonchev–Trinajstić information content (AvgIpc) is 3.02. The van der Waals surface area contributed by atoms with Crippen LogP contribution in [0.3, 0.4) is 0 Å². The predicted molar refractivity (Wildman–Crippen MR) is 163 cm³/mol. The molecule has 1 fully saturated rings. The second kappa shape index (κ2) is 15.3. The Morgan fingerprint density at radius 1 is 0.634 bits per heavy atom. The molecular formula is C35H38O5S. The summed E-state index contributed by atoms with van der Waals surface area (Å²) in [4.78, 5) is 1.16. The minimum atomic E-state index is -0.512. The standard InChI is InChI=1S/C35H38O5S/c1-26-14-12-13-21-31(26)41-34-33(39-24-29-19-10-5-11-20-29)32(38-23-28-17-8-4-9-18-28)30(40-35(34)36-2)25-37-22-27-15-6-3-7-16-27/h3-21,30,32-35H,22-25H2,1-2H3/t30-,32-,33+,34+,35+/m1/s1. The van der Waals surface area contributed by atoms with Gasteiger partial charge < -0.3 is 23.7 Å². The SMILES string of the molecule is CO[C@H]1O[C@H](COCc2ccccc2)[C@@H](OCc2ccccc2)[C@H](OCc2ccccc2)[C@@H]1Sc1ccccc1C. The number of methoxy groups -OCH3 is 1. The number of thioether (sulfide) groups is 1. The maximum absolute atomic E-state index is 6.76. The number of aryl methyl sites for hydroxylation is 1. The summed E-state index contributed by atoms with van der Waals surface area (Å²) >= 11 is 1.72. The molecular weight excluding hydrogens is 532 g/mol. The lowest BCUT2D eigenvalue weighted by Gasteiger charge is -2.45. The Labute approximate surface area is 247 Å². The molecule has 6 heteroatoms. The Balaban J connectivity index is 1.42. The summed E-state index contributed by atoms with van der Waals surface area (Å²) in [5, 5.41) is -0.170. The van der Waals surface area contributed by atoms with Gasteiger partial charge in [-0.05, 0) is 35.2 Å². The second-order valence-electron chi connectivity index (χ2n) is 10.1. The van der Waals surface area contributed by atoms with E-state index >= 15 is 0 Å². The quantitative estimate of drug-likeness (QED) is 0.169. The van der Waals surface area contributed by atoms with E-state index < -0.39 is 6.29 Å². The van der Waals surface area contributed by atoms with Crippen LogP contribution in [0.2, 0.25) is 0 Å². The Morgan fingerprint density at radius 2 is 1.15 bits per heavy atom. The van der Waals surface area contributed by atoms with Crippen LogP contribution in [0, 0.1) is 6.92 Å². The summed E-state index contributed by atoms with van der Waals surface area (Å²) in [6.07, 6.45) is -1.61. The molecule has 5 nitrogen and oxygen atoms in total. The first-order valence-electron chi connectivity index (χ1n) is 14.0. The molecule has 4 aromatic rings. The van der Waals surface area contributed by atoms with E-state index in [0.29, 0.717) is 26.4 Å². The van der Waals surface area contributed by atoms with Crippen LogP contribution in [0.5, 0.6) is 0 Å². The minimum Gasteiger partial charge on any atom is -0.374 e. The monoisotopic (exact) mass is 570 g/mol. The van der Waals surface area contributed by atoms with Gasteiger partial charge in [-0.15, -0.1) is 11.8 Å². The van der Waals surface area contributed by atoms with E-state index in [2.05, 4.69) is 67.6 Å². The van der Waals surface area contributed by atoms with Crippen LogP contribution >= 0.6 is 11.8 Å². The van der Waals surface area contributed by atoms with Crippen molar-refractivity contribution in [2.45, 2.75) is 61.5 Å². The molecule has 0 spiro atoms. The smallest absolute Gasteiger partial charge is 0.172 e. The third-order valence-corrected chi connectivity index (χ3v) is 8.62. The first-order valence-corrected chi connectivity index (χ1v) is 14.9. The normalized spacial score (nSPS) is 22.4. The minimum absolute atomic E-state index is 0.170. The van der Waals surface area contributed by atoms with E-state index in [4.69, 9.17) is 23.7 Å². The number of hydrogen-bond donors (Lipinski definition) is 0. The molecule has 5 rings (SSSR count). The van der Waals surface area contributed by atoms with Crippen molar-refractivity contribution in [3.63, 3.8) is 0 Å². The molecule has 0 unspecified atom stereocenters. The van der Waals surface area contributed by atoms with Gasteiger partial charge in [0, 0.05) is 12.0 Å². The topological polar surface area (TPSA) is 46.2 Å². The fourth-order valence-electron chi connectivity index (χ4n) is 4.95. The van der Waals surface area contributed by atoms with Gasteiger partial charge in [0.25, 0.3) is 0 Å². The fourth-order valence-corrected chi connectivity index (χ4v) is 6.31. The van der Waals surface area contributed by atoms with Crippen molar-refractivity contribution in [1.82, 2.24) is 0 Å². The highest BCUT2D eigenvalue weighted by Crippen LogP contribution is 2.39. The molecule has 214 valence electrons. The molecule has 1 saturated heterocycles. The van der Waals surface area contributed by atoms with Crippen LogP contribution < -0.4 is 0 Å². The molecule has 0 N–H and O–H groups in total. The second-order valence-corrected chi connectivity index (χ2v) is 11.4. The van der Waals surface area contributed by atoms with Crippen molar-refractivity contribution in [2.75, 3.05) is 13.7 Å². The van der Waals surface area contributed by atoms with Gasteiger partial charge >= 0.3 is 0 Å². The molecule has 1 aliphatic heterocycles. The van der Waals surface area contributed by atoms with E-state index in [1.807, 2.05) is 54.6 Å². The van der Waals surface area contributed by atoms with Gasteiger partial charge in [-0.25, -0.2) is 0 Å². The zero-order chi connectivity index (χ0) is 28.3. The van der Waals surface area contributed by atoms with Crippen LogP contribution in [0.4, 0.5) is 0 Å². The Hall–Kier alpha value is -2.97. The molecule has 0 saturated carbocycles. The van der Waals surface area contributed by atoms with Crippen molar-refractivity contribution in [3.8, 4) is 0 Å². The molecule has 1 aliphatic rings. The third-order valence-electron chi connectivity index (χ3n) is 7.14. The average molecular weight is 571 g/mol. The van der Waals surface area contributed by atoms with E-state index in [1.165, 1.54) is 5.56 Å². The summed E-state index contributed by atoms with van der Waals surface area (Å²) in [7, 11) is 1.69. The number of rotatable bonds is 13. The van der Waals surface area contributed by atoms with Crippen molar-refractivity contribution < 1.29 is 23.7 Å². The van der Waals surface area contributed by atoms with Crippen LogP contribution in [0.15, 0.2) is 120 Å². The largest absolute Gasteiger partial charge is 0.374 e. The Kier molecular flexibility index (Phi) is 11.0. The highest BCUT2D eigenvalue weighted by molar-refractivity contribution is 8.00. The summed E-state index contributed by atoms with van der Waals surface area (Å²) < 4.78 is 32.2. The molecule has 0 bridgehead atoms. The van der Waals surface area contributed by atoms with Crippen LogP contribution in [-0.2, 0) is 43.5 Å². The molecule has 1 heterocycles. The van der Waals surface area contributed by atoms with Gasteiger partial charge in [-0.1, -0.05) is 109 Å². The summed E-state index contributed by atoms with van der Waals surface area (Å²) in [6, 6.07) is 39.0. The van der Waals surface area contributed by atoms with Gasteiger partial charge in [-0.3, -0.25) is 0 Å². The van der Waals surface area contributed by atoms with E-state index in [-0.39, 0.29) is 23.6 Å². The van der Waals surface area contributed by atoms with Gasteiger partial charge in [0.1, 0.15) is 18.3 Å². The maximum atomic E-state index is 6.76.